The van der Waals surface area contributed by atoms with Crippen molar-refractivity contribution >= 4 is 23.5 Å². The maximum absolute atomic E-state index is 2.35. The lowest BCUT2D eigenvalue weighted by Crippen LogP contribution is -2.24. The fourth-order valence-electron chi connectivity index (χ4n) is 1.31. The monoisotopic (exact) mass is 234 g/mol. The molecule has 0 rings (SSSR count). The first-order valence-corrected chi connectivity index (χ1v) is 7.13. The van der Waals surface area contributed by atoms with Gasteiger partial charge in [-0.15, -0.1) is 0 Å². The van der Waals surface area contributed by atoms with Crippen LogP contribution in [0.25, 0.3) is 0 Å². The molecule has 0 aliphatic carbocycles. The lowest BCUT2D eigenvalue weighted by atomic mass is 10.2. The molecule has 0 bridgehead atoms. The SMILES string of the molecule is CC(SC(C)(C)C)C(C)SC(C)(C)C. The van der Waals surface area contributed by atoms with Crippen molar-refractivity contribution in [1.29, 1.82) is 0 Å². The third-order valence-corrected chi connectivity index (χ3v) is 4.89. The third kappa shape index (κ3) is 8.05. The highest BCUT2D eigenvalue weighted by molar-refractivity contribution is 8.05. The van der Waals surface area contributed by atoms with E-state index in [1.807, 2.05) is 0 Å². The van der Waals surface area contributed by atoms with Crippen molar-refractivity contribution in [1.82, 2.24) is 0 Å². The molecule has 0 spiro atoms. The van der Waals surface area contributed by atoms with Crippen LogP contribution in [0.3, 0.4) is 0 Å². The molecule has 0 fully saturated rings. The van der Waals surface area contributed by atoms with E-state index in [4.69, 9.17) is 0 Å². The zero-order chi connectivity index (χ0) is 11.6. The third-order valence-electron chi connectivity index (χ3n) is 1.74. The summed E-state index contributed by atoms with van der Waals surface area (Å²) < 4.78 is 0.762. The van der Waals surface area contributed by atoms with Crippen molar-refractivity contribution in [2.75, 3.05) is 0 Å². The Balaban J connectivity index is 4.07. The van der Waals surface area contributed by atoms with Gasteiger partial charge in [-0.1, -0.05) is 55.4 Å². The van der Waals surface area contributed by atoms with Crippen LogP contribution in [-0.4, -0.2) is 20.0 Å². The Bertz CT molecular complexity index is 142. The van der Waals surface area contributed by atoms with Crippen molar-refractivity contribution in [3.05, 3.63) is 0 Å². The molecule has 0 N–H and O–H groups in total. The molecular weight excluding hydrogens is 208 g/mol. The van der Waals surface area contributed by atoms with Crippen LogP contribution in [0.15, 0.2) is 0 Å². The molecule has 0 saturated carbocycles. The number of thioether (sulfide) groups is 2. The Labute approximate surface area is 99.0 Å². The zero-order valence-corrected chi connectivity index (χ0v) is 12.6. The molecule has 14 heavy (non-hydrogen) atoms. The molecule has 2 heteroatoms. The van der Waals surface area contributed by atoms with Gasteiger partial charge in [-0.2, -0.15) is 23.5 Å². The minimum absolute atomic E-state index is 0.381. The molecule has 86 valence electrons. The molecule has 0 saturated heterocycles. The Kier molecular flexibility index (Phi) is 5.41. The predicted molar refractivity (Wildman–Crippen MR) is 73.6 cm³/mol. The van der Waals surface area contributed by atoms with E-state index in [1.165, 1.54) is 0 Å². The first-order chi connectivity index (χ1) is 6.01. The predicted octanol–water partition coefficient (Wildman–Crippen LogP) is 4.83. The smallest absolute Gasteiger partial charge is 0.0141 e. The Morgan fingerprint density at radius 3 is 1.00 bits per heavy atom. The van der Waals surface area contributed by atoms with Crippen molar-refractivity contribution in [3.63, 3.8) is 0 Å². The summed E-state index contributed by atoms with van der Waals surface area (Å²) in [6.07, 6.45) is 0. The summed E-state index contributed by atoms with van der Waals surface area (Å²) in [4.78, 5) is 0. The topological polar surface area (TPSA) is 0 Å². The minimum Gasteiger partial charge on any atom is -0.152 e. The molecule has 0 nitrogen and oxygen atoms in total. The summed E-state index contributed by atoms with van der Waals surface area (Å²) in [5.41, 5.74) is 0. The normalized spacial score (nSPS) is 18.0. The van der Waals surface area contributed by atoms with E-state index in [9.17, 15) is 0 Å². The van der Waals surface area contributed by atoms with Gasteiger partial charge >= 0.3 is 0 Å². The van der Waals surface area contributed by atoms with Crippen LogP contribution < -0.4 is 0 Å². The molecule has 0 aliphatic heterocycles. The summed E-state index contributed by atoms with van der Waals surface area (Å²) >= 11 is 4.17. The van der Waals surface area contributed by atoms with Gasteiger partial charge in [0.15, 0.2) is 0 Å². The van der Waals surface area contributed by atoms with Gasteiger partial charge in [0.1, 0.15) is 0 Å². The van der Waals surface area contributed by atoms with Crippen LogP contribution in [0.4, 0.5) is 0 Å². The van der Waals surface area contributed by atoms with E-state index in [2.05, 4.69) is 78.9 Å². The Hall–Kier alpha value is 0.700. The summed E-state index contributed by atoms with van der Waals surface area (Å²) in [7, 11) is 0. The maximum Gasteiger partial charge on any atom is 0.0141 e. The van der Waals surface area contributed by atoms with E-state index in [0.717, 1.165) is 10.5 Å². The van der Waals surface area contributed by atoms with Gasteiger partial charge < -0.3 is 0 Å². The van der Waals surface area contributed by atoms with Gasteiger partial charge in [-0.05, 0) is 0 Å². The van der Waals surface area contributed by atoms with Crippen LogP contribution in [0.1, 0.15) is 55.4 Å². The van der Waals surface area contributed by atoms with Gasteiger partial charge in [-0.25, -0.2) is 0 Å². The fraction of sp³-hybridized carbons (Fsp3) is 1.00. The van der Waals surface area contributed by atoms with E-state index < -0.39 is 0 Å². The molecular formula is C12H26S2. The van der Waals surface area contributed by atoms with Crippen molar-refractivity contribution in [3.8, 4) is 0 Å². The molecule has 0 amide bonds. The molecule has 0 aromatic heterocycles. The highest BCUT2D eigenvalue weighted by Gasteiger charge is 2.24. The number of hydrogen-bond acceptors (Lipinski definition) is 2. The highest BCUT2D eigenvalue weighted by Crippen LogP contribution is 2.37. The first kappa shape index (κ1) is 14.7. The largest absolute Gasteiger partial charge is 0.152 e. The van der Waals surface area contributed by atoms with Gasteiger partial charge in [0.05, 0.1) is 0 Å². The summed E-state index contributed by atoms with van der Waals surface area (Å²) in [6, 6.07) is 0. The van der Waals surface area contributed by atoms with Gasteiger partial charge in [0, 0.05) is 20.0 Å². The fourth-order valence-corrected chi connectivity index (χ4v) is 4.25. The van der Waals surface area contributed by atoms with E-state index >= 15 is 0 Å². The summed E-state index contributed by atoms with van der Waals surface area (Å²) in [5, 5.41) is 1.44. The maximum atomic E-state index is 2.35. The lowest BCUT2D eigenvalue weighted by Gasteiger charge is -2.31. The molecule has 2 unspecified atom stereocenters. The number of rotatable bonds is 3. The summed E-state index contributed by atoms with van der Waals surface area (Å²) in [5.74, 6) is 0. The van der Waals surface area contributed by atoms with Gasteiger partial charge in [0.2, 0.25) is 0 Å². The van der Waals surface area contributed by atoms with Gasteiger partial charge in [0.25, 0.3) is 0 Å². The average molecular weight is 234 g/mol. The lowest BCUT2D eigenvalue weighted by molar-refractivity contribution is 0.768. The zero-order valence-electron chi connectivity index (χ0n) is 11.0. The van der Waals surface area contributed by atoms with Crippen molar-refractivity contribution < 1.29 is 0 Å². The molecule has 0 aromatic carbocycles. The highest BCUT2D eigenvalue weighted by atomic mass is 32.2. The first-order valence-electron chi connectivity index (χ1n) is 5.37. The second-order valence-electron chi connectivity index (χ2n) is 5.87. The molecule has 0 radical (unpaired) electrons. The second kappa shape index (κ2) is 5.16. The van der Waals surface area contributed by atoms with Crippen molar-refractivity contribution in [2.24, 2.45) is 0 Å². The molecule has 0 heterocycles. The number of hydrogen-bond donors (Lipinski definition) is 0. The van der Waals surface area contributed by atoms with E-state index in [1.54, 1.807) is 0 Å². The van der Waals surface area contributed by atoms with Crippen molar-refractivity contribution in [2.45, 2.75) is 75.4 Å². The van der Waals surface area contributed by atoms with Crippen LogP contribution >= 0.6 is 23.5 Å². The summed E-state index contributed by atoms with van der Waals surface area (Å²) in [6.45, 7) is 18.5. The Morgan fingerprint density at radius 1 is 0.643 bits per heavy atom. The minimum atomic E-state index is 0.381. The molecule has 0 aromatic rings. The Morgan fingerprint density at radius 2 is 0.857 bits per heavy atom. The second-order valence-corrected chi connectivity index (χ2v) is 10.3. The standard InChI is InChI=1S/C12H26S2/c1-9(13-11(3,4)5)10(2)14-12(6,7)8/h9-10H,1-8H3. The van der Waals surface area contributed by atoms with Gasteiger partial charge in [-0.3, -0.25) is 0 Å². The van der Waals surface area contributed by atoms with E-state index in [-0.39, 0.29) is 0 Å². The van der Waals surface area contributed by atoms with Crippen LogP contribution in [0.2, 0.25) is 0 Å². The van der Waals surface area contributed by atoms with E-state index in [0.29, 0.717) is 9.49 Å². The van der Waals surface area contributed by atoms with Crippen LogP contribution in [0, 0.1) is 0 Å². The van der Waals surface area contributed by atoms with Crippen LogP contribution in [0.5, 0.6) is 0 Å². The quantitative estimate of drug-likeness (QED) is 0.686. The average Bonchev–Trinajstić information content (AvgIpc) is 1.78. The molecule has 2 atom stereocenters. The molecule has 0 aliphatic rings. The van der Waals surface area contributed by atoms with Crippen LogP contribution in [-0.2, 0) is 0 Å².